The lowest BCUT2D eigenvalue weighted by Gasteiger charge is -2.32. The van der Waals surface area contributed by atoms with E-state index < -0.39 is 0 Å². The Kier molecular flexibility index (Phi) is 4.61. The van der Waals surface area contributed by atoms with Crippen LogP contribution in [0.4, 0.5) is 0 Å². The summed E-state index contributed by atoms with van der Waals surface area (Å²) in [6.45, 7) is 3.37. The van der Waals surface area contributed by atoms with Gasteiger partial charge in [-0.1, -0.05) is 6.07 Å². The van der Waals surface area contributed by atoms with E-state index >= 15 is 0 Å². The van der Waals surface area contributed by atoms with Crippen LogP contribution in [-0.2, 0) is 6.54 Å². The molecular formula is C13H19ClN2. The summed E-state index contributed by atoms with van der Waals surface area (Å²) in [5.74, 6) is 1.58. The van der Waals surface area contributed by atoms with Crippen LogP contribution in [0.5, 0.6) is 0 Å². The average Bonchev–Trinajstić information content (AvgIpc) is 2.31. The first-order chi connectivity index (χ1) is 7.88. The van der Waals surface area contributed by atoms with Gasteiger partial charge >= 0.3 is 0 Å². The Hall–Kier alpha value is -0.600. The van der Waals surface area contributed by atoms with Gasteiger partial charge in [-0.05, 0) is 43.9 Å². The summed E-state index contributed by atoms with van der Waals surface area (Å²) in [6.07, 6.45) is 5.66. The number of aromatic nitrogens is 1. The van der Waals surface area contributed by atoms with Crippen molar-refractivity contribution in [1.29, 1.82) is 0 Å². The molecule has 16 heavy (non-hydrogen) atoms. The number of likely N-dealkylation sites (tertiary alicyclic amines) is 1. The minimum atomic E-state index is 0.787. The Labute approximate surface area is 103 Å². The molecule has 0 bridgehead atoms. The maximum Gasteiger partial charge on any atom is 0.0543 e. The van der Waals surface area contributed by atoms with Crippen molar-refractivity contribution < 1.29 is 0 Å². The molecule has 2 nitrogen and oxygen atoms in total. The quantitative estimate of drug-likeness (QED) is 0.750. The normalized spacial score (nSPS) is 22.2. The van der Waals surface area contributed by atoms with E-state index in [0.29, 0.717) is 0 Å². The predicted octanol–water partition coefficient (Wildman–Crippen LogP) is 2.92. The van der Waals surface area contributed by atoms with Gasteiger partial charge in [0.05, 0.1) is 5.69 Å². The van der Waals surface area contributed by atoms with Crippen molar-refractivity contribution in [3.05, 3.63) is 30.1 Å². The van der Waals surface area contributed by atoms with Gasteiger partial charge in [0.2, 0.25) is 0 Å². The standard InChI is InChI=1S/C13H19ClN2/c14-7-6-12-4-3-9-16(10-12)11-13-5-1-2-8-15-13/h1-2,5,8,12H,3-4,6-7,9-11H2. The van der Waals surface area contributed by atoms with Crippen molar-refractivity contribution in [2.24, 2.45) is 5.92 Å². The lowest BCUT2D eigenvalue weighted by Crippen LogP contribution is -2.35. The number of nitrogens with zero attached hydrogens (tertiary/aromatic N) is 2. The van der Waals surface area contributed by atoms with Crippen LogP contribution in [0.2, 0.25) is 0 Å². The van der Waals surface area contributed by atoms with E-state index in [9.17, 15) is 0 Å². The molecule has 2 heterocycles. The molecule has 0 N–H and O–H groups in total. The minimum Gasteiger partial charge on any atom is -0.297 e. The highest BCUT2D eigenvalue weighted by molar-refractivity contribution is 6.17. The van der Waals surface area contributed by atoms with Crippen LogP contribution in [0.15, 0.2) is 24.4 Å². The van der Waals surface area contributed by atoms with Crippen LogP contribution < -0.4 is 0 Å². The lowest BCUT2D eigenvalue weighted by molar-refractivity contribution is 0.163. The van der Waals surface area contributed by atoms with E-state index in [2.05, 4.69) is 22.0 Å². The molecule has 0 radical (unpaired) electrons. The molecule has 0 aliphatic carbocycles. The number of pyridine rings is 1. The number of hydrogen-bond acceptors (Lipinski definition) is 2. The fraction of sp³-hybridized carbons (Fsp3) is 0.615. The van der Waals surface area contributed by atoms with Gasteiger partial charge in [0.1, 0.15) is 0 Å². The zero-order valence-corrected chi connectivity index (χ0v) is 10.4. The van der Waals surface area contributed by atoms with Crippen molar-refractivity contribution in [3.8, 4) is 0 Å². The molecule has 1 aliphatic rings. The van der Waals surface area contributed by atoms with Gasteiger partial charge in [0.15, 0.2) is 0 Å². The van der Waals surface area contributed by atoms with E-state index in [1.165, 1.54) is 31.6 Å². The second-order valence-electron chi connectivity index (χ2n) is 4.54. The number of halogens is 1. The number of hydrogen-bond donors (Lipinski definition) is 0. The van der Waals surface area contributed by atoms with Gasteiger partial charge in [0, 0.05) is 25.2 Å². The van der Waals surface area contributed by atoms with Crippen molar-refractivity contribution in [1.82, 2.24) is 9.88 Å². The van der Waals surface area contributed by atoms with Crippen LogP contribution in [0.1, 0.15) is 25.0 Å². The molecule has 1 aliphatic heterocycles. The van der Waals surface area contributed by atoms with Gasteiger partial charge in [-0.2, -0.15) is 0 Å². The summed E-state index contributed by atoms with van der Waals surface area (Å²) in [5.41, 5.74) is 1.18. The maximum atomic E-state index is 5.81. The first-order valence-corrected chi connectivity index (χ1v) is 6.60. The zero-order valence-electron chi connectivity index (χ0n) is 9.61. The summed E-state index contributed by atoms with van der Waals surface area (Å²) in [5, 5.41) is 0. The molecule has 1 unspecified atom stereocenters. The van der Waals surface area contributed by atoms with Gasteiger partial charge in [-0.15, -0.1) is 11.6 Å². The molecule has 1 atom stereocenters. The predicted molar refractivity (Wildman–Crippen MR) is 67.6 cm³/mol. The minimum absolute atomic E-state index is 0.787. The maximum absolute atomic E-state index is 5.81. The molecule has 88 valence electrons. The summed E-state index contributed by atoms with van der Waals surface area (Å²) < 4.78 is 0. The number of rotatable bonds is 4. The Morgan fingerprint density at radius 1 is 1.44 bits per heavy atom. The van der Waals surface area contributed by atoms with Crippen LogP contribution in [-0.4, -0.2) is 28.9 Å². The molecule has 3 heteroatoms. The molecule has 2 rings (SSSR count). The summed E-state index contributed by atoms with van der Waals surface area (Å²) in [7, 11) is 0. The van der Waals surface area contributed by atoms with Crippen molar-refractivity contribution >= 4 is 11.6 Å². The fourth-order valence-corrected chi connectivity index (χ4v) is 2.71. The summed E-state index contributed by atoms with van der Waals surface area (Å²) in [4.78, 5) is 6.88. The van der Waals surface area contributed by atoms with Gasteiger partial charge in [0.25, 0.3) is 0 Å². The highest BCUT2D eigenvalue weighted by Gasteiger charge is 2.19. The molecule has 0 spiro atoms. The van der Waals surface area contributed by atoms with E-state index in [0.717, 1.165) is 24.8 Å². The summed E-state index contributed by atoms with van der Waals surface area (Å²) in [6, 6.07) is 6.13. The molecular weight excluding hydrogens is 220 g/mol. The molecule has 0 aromatic carbocycles. The van der Waals surface area contributed by atoms with Gasteiger partial charge in [-0.25, -0.2) is 0 Å². The number of piperidine rings is 1. The zero-order chi connectivity index (χ0) is 11.2. The first kappa shape index (κ1) is 11.9. The average molecular weight is 239 g/mol. The second kappa shape index (κ2) is 6.21. The van der Waals surface area contributed by atoms with E-state index in [-0.39, 0.29) is 0 Å². The second-order valence-corrected chi connectivity index (χ2v) is 4.92. The van der Waals surface area contributed by atoms with Crippen molar-refractivity contribution in [3.63, 3.8) is 0 Å². The third kappa shape index (κ3) is 3.46. The first-order valence-electron chi connectivity index (χ1n) is 6.06. The number of alkyl halides is 1. The topological polar surface area (TPSA) is 16.1 Å². The Morgan fingerprint density at radius 3 is 3.12 bits per heavy atom. The van der Waals surface area contributed by atoms with Crippen LogP contribution in [0, 0.1) is 5.92 Å². The van der Waals surface area contributed by atoms with Crippen LogP contribution in [0.3, 0.4) is 0 Å². The Morgan fingerprint density at radius 2 is 2.38 bits per heavy atom. The fourth-order valence-electron chi connectivity index (χ4n) is 2.41. The molecule has 0 amide bonds. The van der Waals surface area contributed by atoms with E-state index in [1.807, 2.05) is 12.3 Å². The monoisotopic (exact) mass is 238 g/mol. The summed E-state index contributed by atoms with van der Waals surface area (Å²) >= 11 is 5.81. The van der Waals surface area contributed by atoms with Gasteiger partial charge in [-0.3, -0.25) is 9.88 Å². The highest BCUT2D eigenvalue weighted by Crippen LogP contribution is 2.21. The van der Waals surface area contributed by atoms with Crippen LogP contribution >= 0.6 is 11.6 Å². The smallest absolute Gasteiger partial charge is 0.0543 e. The third-order valence-corrected chi connectivity index (χ3v) is 3.45. The van der Waals surface area contributed by atoms with E-state index in [4.69, 9.17) is 11.6 Å². The third-order valence-electron chi connectivity index (χ3n) is 3.23. The largest absolute Gasteiger partial charge is 0.297 e. The molecule has 1 aromatic heterocycles. The molecule has 1 aromatic rings. The highest BCUT2D eigenvalue weighted by atomic mass is 35.5. The lowest BCUT2D eigenvalue weighted by atomic mass is 9.95. The van der Waals surface area contributed by atoms with Gasteiger partial charge < -0.3 is 0 Å². The Bertz CT molecular complexity index is 300. The van der Waals surface area contributed by atoms with E-state index in [1.54, 1.807) is 0 Å². The molecule has 0 saturated carbocycles. The SMILES string of the molecule is ClCCC1CCCN(Cc2ccccn2)C1. The van der Waals surface area contributed by atoms with Crippen molar-refractivity contribution in [2.45, 2.75) is 25.8 Å². The molecule has 1 fully saturated rings. The van der Waals surface area contributed by atoms with Crippen molar-refractivity contribution in [2.75, 3.05) is 19.0 Å². The molecule has 1 saturated heterocycles. The van der Waals surface area contributed by atoms with Crippen LogP contribution in [0.25, 0.3) is 0 Å². The Balaban J connectivity index is 1.85.